The number of benzene rings is 1. The molecule has 1 N–H and O–H groups in total. The monoisotopic (exact) mass is 493 g/mol. The van der Waals surface area contributed by atoms with Gasteiger partial charge >= 0.3 is 0 Å². The third-order valence-corrected chi connectivity index (χ3v) is 7.23. The van der Waals surface area contributed by atoms with Gasteiger partial charge in [0.15, 0.2) is 5.78 Å². The highest BCUT2D eigenvalue weighted by molar-refractivity contribution is 6.02. The summed E-state index contributed by atoms with van der Waals surface area (Å²) < 4.78 is 5.00. The lowest BCUT2D eigenvalue weighted by Gasteiger charge is -2.25. The Balaban J connectivity index is 1.25. The number of likely N-dealkylation sites (tertiary alicyclic amines) is 2. The van der Waals surface area contributed by atoms with Crippen LogP contribution < -0.4 is 5.32 Å². The van der Waals surface area contributed by atoms with Crippen LogP contribution in [0.2, 0.25) is 0 Å². The van der Waals surface area contributed by atoms with Gasteiger partial charge in [0.25, 0.3) is 11.8 Å². The second-order valence-corrected chi connectivity index (χ2v) is 11.0. The predicted octanol–water partition coefficient (Wildman–Crippen LogP) is 3.42. The maximum atomic E-state index is 13.0. The van der Waals surface area contributed by atoms with Crippen molar-refractivity contribution in [3.05, 3.63) is 59.5 Å². The first-order valence-electron chi connectivity index (χ1n) is 12.6. The van der Waals surface area contributed by atoms with Crippen LogP contribution in [0.4, 0.5) is 0 Å². The molecular formula is C28H35N3O5. The van der Waals surface area contributed by atoms with E-state index in [0.29, 0.717) is 43.5 Å². The zero-order valence-corrected chi connectivity index (χ0v) is 21.5. The lowest BCUT2D eigenvalue weighted by atomic mass is 9.87. The smallest absolute Gasteiger partial charge is 0.257 e. The number of carbonyl (C=O) groups is 4. The zero-order chi connectivity index (χ0) is 26.0. The average molecular weight is 494 g/mol. The highest BCUT2D eigenvalue weighted by Crippen LogP contribution is 2.32. The van der Waals surface area contributed by atoms with Gasteiger partial charge in [0.1, 0.15) is 12.3 Å². The Kier molecular flexibility index (Phi) is 7.33. The summed E-state index contributed by atoms with van der Waals surface area (Å²) in [5, 5.41) is 2.94. The number of furan rings is 1. The normalized spacial score (nSPS) is 20.4. The molecule has 3 unspecified atom stereocenters. The molecule has 0 radical (unpaired) electrons. The van der Waals surface area contributed by atoms with Crippen LogP contribution in [0.3, 0.4) is 0 Å². The van der Waals surface area contributed by atoms with Gasteiger partial charge in [-0.1, -0.05) is 39.8 Å². The van der Waals surface area contributed by atoms with Gasteiger partial charge in [-0.2, -0.15) is 0 Å². The summed E-state index contributed by atoms with van der Waals surface area (Å²) in [6, 6.07) is 8.36. The lowest BCUT2D eigenvalue weighted by molar-refractivity contribution is -0.137. The summed E-state index contributed by atoms with van der Waals surface area (Å²) in [6.07, 6.45) is 4.34. The van der Waals surface area contributed by atoms with Gasteiger partial charge in [-0.3, -0.25) is 19.2 Å². The molecule has 1 aromatic carbocycles. The molecule has 36 heavy (non-hydrogen) atoms. The first-order chi connectivity index (χ1) is 17.1. The fourth-order valence-electron chi connectivity index (χ4n) is 5.10. The van der Waals surface area contributed by atoms with Crippen molar-refractivity contribution < 1.29 is 23.6 Å². The van der Waals surface area contributed by atoms with E-state index in [1.54, 1.807) is 15.9 Å². The number of carbonyl (C=O) groups excluding carboxylic acids is 4. The SMILES string of the molecule is CC(CCNC(=O)c1ccc(C(C)(C)C)cc1)CC(=O)N1CCC2C1C(=O)CN2C(=O)c1ccoc1. The second kappa shape index (κ2) is 10.3. The van der Waals surface area contributed by atoms with E-state index in [2.05, 4.69) is 26.1 Å². The first kappa shape index (κ1) is 25.7. The molecule has 2 aliphatic rings. The van der Waals surface area contributed by atoms with Crippen molar-refractivity contribution in [1.29, 1.82) is 0 Å². The molecule has 0 saturated carbocycles. The predicted molar refractivity (Wildman–Crippen MR) is 135 cm³/mol. The number of nitrogens with zero attached hydrogens (tertiary/aromatic N) is 2. The van der Waals surface area contributed by atoms with E-state index >= 15 is 0 Å². The van der Waals surface area contributed by atoms with Crippen molar-refractivity contribution in [2.24, 2.45) is 5.92 Å². The maximum Gasteiger partial charge on any atom is 0.257 e. The van der Waals surface area contributed by atoms with E-state index in [-0.39, 0.29) is 47.4 Å². The molecule has 0 bridgehead atoms. The largest absolute Gasteiger partial charge is 0.472 e. The molecule has 0 spiro atoms. The Labute approximate surface area is 212 Å². The van der Waals surface area contributed by atoms with Crippen LogP contribution >= 0.6 is 0 Å². The molecule has 0 aliphatic carbocycles. The maximum absolute atomic E-state index is 13.0. The van der Waals surface area contributed by atoms with Gasteiger partial charge in [-0.15, -0.1) is 0 Å². The van der Waals surface area contributed by atoms with Crippen molar-refractivity contribution in [2.45, 2.75) is 64.5 Å². The number of ketones is 1. The van der Waals surface area contributed by atoms with Crippen molar-refractivity contribution in [3.8, 4) is 0 Å². The molecule has 4 rings (SSSR count). The molecule has 3 atom stereocenters. The van der Waals surface area contributed by atoms with E-state index in [1.165, 1.54) is 18.1 Å². The lowest BCUT2D eigenvalue weighted by Crippen LogP contribution is -2.44. The van der Waals surface area contributed by atoms with E-state index in [0.717, 1.165) is 0 Å². The van der Waals surface area contributed by atoms with Crippen LogP contribution in [0.15, 0.2) is 47.3 Å². The minimum absolute atomic E-state index is 0.0153. The van der Waals surface area contributed by atoms with Crippen LogP contribution in [0, 0.1) is 5.92 Å². The Morgan fingerprint density at radius 3 is 2.44 bits per heavy atom. The standard InChI is InChI=1S/C28H35N3O5/c1-18(9-12-29-26(34)19-5-7-21(8-6-19)28(2,3)4)15-24(33)30-13-10-22-25(30)23(32)16-31(22)27(35)20-11-14-36-17-20/h5-8,11,14,17-18,22,25H,9-10,12-13,15-16H2,1-4H3,(H,29,34). The summed E-state index contributed by atoms with van der Waals surface area (Å²) in [7, 11) is 0. The quantitative estimate of drug-likeness (QED) is 0.637. The van der Waals surface area contributed by atoms with E-state index < -0.39 is 6.04 Å². The first-order valence-corrected chi connectivity index (χ1v) is 12.6. The minimum Gasteiger partial charge on any atom is -0.472 e. The van der Waals surface area contributed by atoms with Crippen molar-refractivity contribution in [2.75, 3.05) is 19.6 Å². The Morgan fingerprint density at radius 2 is 1.81 bits per heavy atom. The molecule has 192 valence electrons. The molecular weight excluding hydrogens is 458 g/mol. The number of amides is 3. The molecule has 8 nitrogen and oxygen atoms in total. The van der Waals surface area contributed by atoms with Crippen molar-refractivity contribution in [1.82, 2.24) is 15.1 Å². The van der Waals surface area contributed by atoms with Crippen LogP contribution in [0.5, 0.6) is 0 Å². The van der Waals surface area contributed by atoms with Crippen LogP contribution in [-0.2, 0) is 15.0 Å². The third-order valence-electron chi connectivity index (χ3n) is 7.23. The third kappa shape index (κ3) is 5.37. The van der Waals surface area contributed by atoms with E-state index in [9.17, 15) is 19.2 Å². The molecule has 2 aromatic rings. The summed E-state index contributed by atoms with van der Waals surface area (Å²) >= 11 is 0. The van der Waals surface area contributed by atoms with Crippen molar-refractivity contribution in [3.63, 3.8) is 0 Å². The molecule has 8 heteroatoms. The van der Waals surface area contributed by atoms with Gasteiger partial charge in [0.05, 0.1) is 24.4 Å². The Hall–Kier alpha value is -3.42. The molecule has 1 aromatic heterocycles. The van der Waals surface area contributed by atoms with E-state index in [1.807, 2.05) is 31.2 Å². The number of rotatable bonds is 7. The second-order valence-electron chi connectivity index (χ2n) is 11.0. The van der Waals surface area contributed by atoms with Gasteiger partial charge in [-0.05, 0) is 47.9 Å². The van der Waals surface area contributed by atoms with E-state index in [4.69, 9.17) is 4.42 Å². The average Bonchev–Trinajstić information content (AvgIpc) is 3.57. The number of nitrogens with one attached hydrogen (secondary N) is 1. The van der Waals surface area contributed by atoms with Crippen LogP contribution in [-0.4, -0.2) is 65.0 Å². The van der Waals surface area contributed by atoms with Crippen LogP contribution in [0.25, 0.3) is 0 Å². The highest BCUT2D eigenvalue weighted by Gasteiger charge is 2.51. The number of hydrogen-bond acceptors (Lipinski definition) is 5. The summed E-state index contributed by atoms with van der Waals surface area (Å²) in [5.41, 5.74) is 2.23. The number of Topliss-reactive ketones (excluding diaryl/α,β-unsaturated/α-hetero) is 1. The molecule has 3 heterocycles. The summed E-state index contributed by atoms with van der Waals surface area (Å²) in [4.78, 5) is 54.2. The summed E-state index contributed by atoms with van der Waals surface area (Å²) in [5.74, 6) is -0.503. The molecule has 2 saturated heterocycles. The highest BCUT2D eigenvalue weighted by atomic mass is 16.3. The van der Waals surface area contributed by atoms with Gasteiger partial charge < -0.3 is 19.5 Å². The number of hydrogen-bond donors (Lipinski definition) is 1. The summed E-state index contributed by atoms with van der Waals surface area (Å²) in [6.45, 7) is 9.31. The molecule has 3 amide bonds. The fraction of sp³-hybridized carbons (Fsp3) is 0.500. The van der Waals surface area contributed by atoms with Gasteiger partial charge in [-0.25, -0.2) is 0 Å². The van der Waals surface area contributed by atoms with Gasteiger partial charge in [0, 0.05) is 25.1 Å². The van der Waals surface area contributed by atoms with Crippen LogP contribution in [0.1, 0.15) is 73.2 Å². The molecule has 2 fully saturated rings. The molecule has 2 aliphatic heterocycles. The Morgan fingerprint density at radius 1 is 1.08 bits per heavy atom. The topological polar surface area (TPSA) is 99.9 Å². The van der Waals surface area contributed by atoms with Gasteiger partial charge in [0.2, 0.25) is 5.91 Å². The minimum atomic E-state index is -0.573. The number of fused-ring (bicyclic) bond motifs is 1. The zero-order valence-electron chi connectivity index (χ0n) is 21.5. The van der Waals surface area contributed by atoms with Crippen molar-refractivity contribution >= 4 is 23.5 Å². The Bertz CT molecular complexity index is 1120. The fourth-order valence-corrected chi connectivity index (χ4v) is 5.10.